The van der Waals surface area contributed by atoms with Gasteiger partial charge < -0.3 is 0 Å². The summed E-state index contributed by atoms with van der Waals surface area (Å²) in [6, 6.07) is 0. The number of rotatable bonds is 5. The van der Waals surface area contributed by atoms with E-state index in [0.717, 1.165) is 19.3 Å². The molecule has 0 rings (SSSR count). The molecule has 0 nitrogen and oxygen atoms in total. The lowest BCUT2D eigenvalue weighted by Crippen LogP contribution is -1.93. The van der Waals surface area contributed by atoms with Gasteiger partial charge in [0, 0.05) is 5.92 Å². The van der Waals surface area contributed by atoms with Gasteiger partial charge in [-0.25, -0.2) is 4.39 Å². The highest BCUT2D eigenvalue weighted by atomic mass is 19.1. The molecule has 0 saturated carbocycles. The van der Waals surface area contributed by atoms with Crippen molar-refractivity contribution in [1.82, 2.24) is 0 Å². The molecule has 0 saturated heterocycles. The first kappa shape index (κ1) is 11.7. The first-order valence-electron chi connectivity index (χ1n) is 4.93. The molecule has 0 aromatic heterocycles. The van der Waals surface area contributed by atoms with Crippen molar-refractivity contribution in [3.63, 3.8) is 0 Å². The third-order valence-electron chi connectivity index (χ3n) is 2.17. The molecule has 0 spiro atoms. The van der Waals surface area contributed by atoms with Crippen LogP contribution < -0.4 is 0 Å². The van der Waals surface area contributed by atoms with Crippen molar-refractivity contribution in [2.45, 2.75) is 47.0 Å². The van der Waals surface area contributed by atoms with E-state index in [1.807, 2.05) is 13.8 Å². The van der Waals surface area contributed by atoms with Crippen LogP contribution in [-0.2, 0) is 0 Å². The van der Waals surface area contributed by atoms with Crippen molar-refractivity contribution in [1.29, 1.82) is 0 Å². The molecule has 0 radical (unpaired) electrons. The average Bonchev–Trinajstić information content (AvgIpc) is 2.02. The summed E-state index contributed by atoms with van der Waals surface area (Å²) in [6.07, 6.45) is 4.61. The van der Waals surface area contributed by atoms with Gasteiger partial charge in [0.2, 0.25) is 0 Å². The molecule has 0 fully saturated rings. The topological polar surface area (TPSA) is 0 Å². The van der Waals surface area contributed by atoms with E-state index in [1.54, 1.807) is 6.08 Å². The van der Waals surface area contributed by atoms with E-state index in [-0.39, 0.29) is 11.7 Å². The molecule has 1 heteroatoms. The third kappa shape index (κ3) is 5.34. The average molecular weight is 172 g/mol. The van der Waals surface area contributed by atoms with Crippen LogP contribution in [0, 0.1) is 11.8 Å². The molecule has 0 aliphatic rings. The molecule has 0 aromatic carbocycles. The number of allylic oxidation sites excluding steroid dienone is 2. The Morgan fingerprint density at radius 3 is 2.33 bits per heavy atom. The lowest BCUT2D eigenvalue weighted by atomic mass is 10.0. The molecule has 72 valence electrons. The van der Waals surface area contributed by atoms with Crippen LogP contribution in [0.4, 0.5) is 4.39 Å². The second-order valence-electron chi connectivity index (χ2n) is 3.87. The molecular weight excluding hydrogens is 151 g/mol. The smallest absolute Gasteiger partial charge is 0.0987 e. The van der Waals surface area contributed by atoms with Crippen molar-refractivity contribution in [3.8, 4) is 0 Å². The van der Waals surface area contributed by atoms with Gasteiger partial charge in [-0.1, -0.05) is 33.8 Å². The lowest BCUT2D eigenvalue weighted by molar-refractivity contribution is 0.474. The van der Waals surface area contributed by atoms with E-state index in [9.17, 15) is 4.39 Å². The molecule has 0 N–H and O–H groups in total. The van der Waals surface area contributed by atoms with Crippen molar-refractivity contribution in [3.05, 3.63) is 11.9 Å². The summed E-state index contributed by atoms with van der Waals surface area (Å²) >= 11 is 0. The van der Waals surface area contributed by atoms with Gasteiger partial charge in [-0.2, -0.15) is 0 Å². The normalized spacial score (nSPS) is 15.3. The van der Waals surface area contributed by atoms with Crippen molar-refractivity contribution in [2.24, 2.45) is 11.8 Å². The van der Waals surface area contributed by atoms with Gasteiger partial charge in [0.25, 0.3) is 0 Å². The predicted molar refractivity (Wildman–Crippen MR) is 52.7 cm³/mol. The minimum atomic E-state index is 0.0677. The van der Waals surface area contributed by atoms with Crippen molar-refractivity contribution < 1.29 is 4.39 Å². The third-order valence-corrected chi connectivity index (χ3v) is 2.17. The van der Waals surface area contributed by atoms with E-state index < -0.39 is 0 Å². The predicted octanol–water partition coefficient (Wildman–Crippen LogP) is 4.32. The lowest BCUT2D eigenvalue weighted by Gasteiger charge is -2.05. The summed E-state index contributed by atoms with van der Waals surface area (Å²) < 4.78 is 13.1. The fourth-order valence-corrected chi connectivity index (χ4v) is 0.951. The summed E-state index contributed by atoms with van der Waals surface area (Å²) in [6.45, 7) is 8.27. The Balaban J connectivity index is 3.68. The largest absolute Gasteiger partial charge is 0.212 e. The van der Waals surface area contributed by atoms with Crippen molar-refractivity contribution >= 4 is 0 Å². The van der Waals surface area contributed by atoms with Gasteiger partial charge in [-0.05, 0) is 25.2 Å². The summed E-state index contributed by atoms with van der Waals surface area (Å²) in [5, 5.41) is 0. The molecule has 0 bridgehead atoms. The van der Waals surface area contributed by atoms with Crippen LogP contribution in [-0.4, -0.2) is 0 Å². The SMILES string of the molecule is CCC(C)/C(F)=C/CCC(C)C. The molecular formula is C11H21F. The van der Waals surface area contributed by atoms with Crippen LogP contribution in [0.5, 0.6) is 0 Å². The standard InChI is InChI=1S/C11H21F/c1-5-10(4)11(12)8-6-7-9(2)3/h8-10H,5-7H2,1-4H3/b11-8-. The minimum Gasteiger partial charge on any atom is -0.212 e. The zero-order valence-electron chi connectivity index (χ0n) is 8.73. The van der Waals surface area contributed by atoms with Crippen molar-refractivity contribution in [2.75, 3.05) is 0 Å². The molecule has 0 heterocycles. The van der Waals surface area contributed by atoms with Gasteiger partial charge in [-0.15, -0.1) is 0 Å². The fraction of sp³-hybridized carbons (Fsp3) is 0.818. The van der Waals surface area contributed by atoms with Crippen LogP contribution in [0.15, 0.2) is 11.9 Å². The number of hydrogen-bond donors (Lipinski definition) is 0. The second-order valence-corrected chi connectivity index (χ2v) is 3.87. The van der Waals surface area contributed by atoms with Gasteiger partial charge in [0.15, 0.2) is 0 Å². The van der Waals surface area contributed by atoms with Crippen LogP contribution in [0.25, 0.3) is 0 Å². The van der Waals surface area contributed by atoms with Crippen LogP contribution in [0.2, 0.25) is 0 Å². The van der Waals surface area contributed by atoms with Crippen LogP contribution in [0.1, 0.15) is 47.0 Å². The van der Waals surface area contributed by atoms with Crippen LogP contribution in [0.3, 0.4) is 0 Å². The summed E-state index contributed by atoms with van der Waals surface area (Å²) in [5.41, 5.74) is 0. The summed E-state index contributed by atoms with van der Waals surface area (Å²) in [7, 11) is 0. The van der Waals surface area contributed by atoms with E-state index >= 15 is 0 Å². The Bertz CT molecular complexity index is 136. The number of halogens is 1. The molecule has 0 aromatic rings. The van der Waals surface area contributed by atoms with Gasteiger partial charge in [0.05, 0.1) is 5.83 Å². The highest BCUT2D eigenvalue weighted by Crippen LogP contribution is 2.17. The van der Waals surface area contributed by atoms with Gasteiger partial charge >= 0.3 is 0 Å². The summed E-state index contributed by atoms with van der Waals surface area (Å²) in [4.78, 5) is 0. The maximum atomic E-state index is 13.1. The van der Waals surface area contributed by atoms with E-state index in [0.29, 0.717) is 5.92 Å². The molecule has 0 aliphatic carbocycles. The Morgan fingerprint density at radius 2 is 1.92 bits per heavy atom. The zero-order valence-corrected chi connectivity index (χ0v) is 8.73. The first-order chi connectivity index (χ1) is 5.57. The highest BCUT2D eigenvalue weighted by Gasteiger charge is 2.04. The molecule has 1 unspecified atom stereocenters. The maximum absolute atomic E-state index is 13.1. The Hall–Kier alpha value is -0.330. The zero-order chi connectivity index (χ0) is 9.56. The maximum Gasteiger partial charge on any atom is 0.0987 e. The van der Waals surface area contributed by atoms with Gasteiger partial charge in [-0.3, -0.25) is 0 Å². The van der Waals surface area contributed by atoms with E-state index in [4.69, 9.17) is 0 Å². The Kier molecular flexibility index (Phi) is 6.04. The molecule has 1 atom stereocenters. The van der Waals surface area contributed by atoms with Crippen LogP contribution >= 0.6 is 0 Å². The Morgan fingerprint density at radius 1 is 1.33 bits per heavy atom. The first-order valence-corrected chi connectivity index (χ1v) is 4.93. The molecule has 0 amide bonds. The summed E-state index contributed by atoms with van der Waals surface area (Å²) in [5.74, 6) is 0.848. The fourth-order valence-electron chi connectivity index (χ4n) is 0.951. The van der Waals surface area contributed by atoms with E-state index in [1.165, 1.54) is 0 Å². The Labute approximate surface area is 75.9 Å². The van der Waals surface area contributed by atoms with E-state index in [2.05, 4.69) is 13.8 Å². The number of hydrogen-bond acceptors (Lipinski definition) is 0. The molecule has 0 aliphatic heterocycles. The highest BCUT2D eigenvalue weighted by molar-refractivity contribution is 4.95. The minimum absolute atomic E-state index is 0.0677. The second kappa shape index (κ2) is 6.22. The quantitative estimate of drug-likeness (QED) is 0.579. The van der Waals surface area contributed by atoms with Gasteiger partial charge in [0.1, 0.15) is 0 Å². The monoisotopic (exact) mass is 172 g/mol. The molecule has 12 heavy (non-hydrogen) atoms.